The normalized spacial score (nSPS) is 14.2. The molecule has 6 N–H and O–H groups in total. The number of pyridine rings is 1. The maximum absolute atomic E-state index is 15.1. The molecule has 1 fully saturated rings. The molecule has 1 unspecified atom stereocenters. The summed E-state index contributed by atoms with van der Waals surface area (Å²) in [6, 6.07) is 9.46. The van der Waals surface area contributed by atoms with Gasteiger partial charge in [-0.1, -0.05) is 24.3 Å². The summed E-state index contributed by atoms with van der Waals surface area (Å²) < 4.78 is 15.1. The van der Waals surface area contributed by atoms with E-state index in [1.54, 1.807) is 12.3 Å². The van der Waals surface area contributed by atoms with E-state index in [0.717, 1.165) is 18.2 Å². The van der Waals surface area contributed by atoms with Gasteiger partial charge in [0.15, 0.2) is 5.82 Å². The average Bonchev–Trinajstić information content (AvgIpc) is 3.62. The number of carbonyl (C=O) groups excluding carboxylic acids is 2. The standard InChI is InChI=1S/C23H24FN5O3/c24-21-18(25)7-8-19(20(21)14(12-30)11-29(23(26)32)15-5-6-15)28-22(31)17-10-27-9-13-3-1-2-4-16(13)17/h1-4,7-10,14-15,30H,5-6,11-12,25H2,(H2,26,32)(H,28,31). The van der Waals surface area contributed by atoms with E-state index in [2.05, 4.69) is 10.3 Å². The number of aromatic nitrogens is 1. The fourth-order valence-corrected chi connectivity index (χ4v) is 3.89. The number of aliphatic hydroxyl groups is 1. The van der Waals surface area contributed by atoms with Crippen LogP contribution in [0, 0.1) is 5.82 Å². The Kier molecular flexibility index (Phi) is 5.91. The van der Waals surface area contributed by atoms with Crippen LogP contribution in [0.4, 0.5) is 20.6 Å². The first kappa shape index (κ1) is 21.5. The van der Waals surface area contributed by atoms with Gasteiger partial charge in [0, 0.05) is 47.5 Å². The molecule has 3 amide bonds. The molecular formula is C23H24FN5O3. The number of hydrogen-bond acceptors (Lipinski definition) is 5. The SMILES string of the molecule is NC(=O)N(CC(CO)c1c(NC(=O)c2cncc3ccccc23)ccc(N)c1F)C1CC1. The molecular weight excluding hydrogens is 413 g/mol. The highest BCUT2D eigenvalue weighted by Crippen LogP contribution is 2.35. The van der Waals surface area contributed by atoms with E-state index in [1.807, 2.05) is 18.2 Å². The third-order valence-corrected chi connectivity index (χ3v) is 5.69. The first-order valence-corrected chi connectivity index (χ1v) is 10.3. The summed E-state index contributed by atoms with van der Waals surface area (Å²) >= 11 is 0. The summed E-state index contributed by atoms with van der Waals surface area (Å²) in [5, 5.41) is 14.3. The molecule has 2 aromatic carbocycles. The minimum atomic E-state index is -0.826. The number of primary amides is 1. The second-order valence-electron chi connectivity index (χ2n) is 7.89. The Bertz CT molecular complexity index is 1180. The van der Waals surface area contributed by atoms with Crippen LogP contribution in [0.25, 0.3) is 10.8 Å². The Morgan fingerprint density at radius 2 is 1.97 bits per heavy atom. The number of fused-ring (bicyclic) bond motifs is 1. The predicted molar refractivity (Wildman–Crippen MR) is 120 cm³/mol. The third-order valence-electron chi connectivity index (χ3n) is 5.69. The molecule has 4 rings (SSSR count). The van der Waals surface area contributed by atoms with Crippen LogP contribution < -0.4 is 16.8 Å². The Labute approximate surface area is 184 Å². The van der Waals surface area contributed by atoms with E-state index in [1.165, 1.54) is 23.2 Å². The second kappa shape index (κ2) is 8.80. The molecule has 1 aliphatic carbocycles. The fraction of sp³-hybridized carbons (Fsp3) is 0.261. The molecule has 0 radical (unpaired) electrons. The molecule has 1 aromatic heterocycles. The number of nitrogens with one attached hydrogen (secondary N) is 1. The van der Waals surface area contributed by atoms with Crippen LogP contribution in [0.15, 0.2) is 48.8 Å². The van der Waals surface area contributed by atoms with Gasteiger partial charge in [0.05, 0.1) is 17.9 Å². The van der Waals surface area contributed by atoms with Gasteiger partial charge in [-0.15, -0.1) is 0 Å². The van der Waals surface area contributed by atoms with Crippen LogP contribution in [0.5, 0.6) is 0 Å². The van der Waals surface area contributed by atoms with Crippen LogP contribution in [0.1, 0.15) is 34.7 Å². The van der Waals surface area contributed by atoms with Crippen molar-refractivity contribution in [3.63, 3.8) is 0 Å². The number of anilines is 2. The van der Waals surface area contributed by atoms with Gasteiger partial charge in [-0.05, 0) is 30.4 Å². The van der Waals surface area contributed by atoms with Crippen molar-refractivity contribution in [2.24, 2.45) is 5.73 Å². The molecule has 1 saturated carbocycles. The molecule has 0 aliphatic heterocycles. The minimum Gasteiger partial charge on any atom is -0.396 e. The number of nitrogens with two attached hydrogens (primary N) is 2. The van der Waals surface area contributed by atoms with Crippen molar-refractivity contribution in [2.75, 3.05) is 24.2 Å². The lowest BCUT2D eigenvalue weighted by atomic mass is 9.95. The minimum absolute atomic E-state index is 0.00949. The van der Waals surface area contributed by atoms with Crippen molar-refractivity contribution in [2.45, 2.75) is 24.8 Å². The number of nitrogens with zero attached hydrogens (tertiary/aromatic N) is 2. The van der Waals surface area contributed by atoms with Gasteiger partial charge >= 0.3 is 6.03 Å². The number of halogens is 1. The quantitative estimate of drug-likeness (QED) is 0.422. The first-order chi connectivity index (χ1) is 15.4. The number of hydrogen-bond donors (Lipinski definition) is 4. The van der Waals surface area contributed by atoms with Crippen molar-refractivity contribution >= 4 is 34.1 Å². The van der Waals surface area contributed by atoms with Gasteiger partial charge in [0.1, 0.15) is 0 Å². The molecule has 166 valence electrons. The van der Waals surface area contributed by atoms with Crippen molar-refractivity contribution in [3.8, 4) is 0 Å². The van der Waals surface area contributed by atoms with Crippen LogP contribution in [0.2, 0.25) is 0 Å². The molecule has 0 bridgehead atoms. The number of rotatable bonds is 7. The Morgan fingerprint density at radius 1 is 1.22 bits per heavy atom. The van der Waals surface area contributed by atoms with Gasteiger partial charge in [0.25, 0.3) is 5.91 Å². The second-order valence-corrected chi connectivity index (χ2v) is 7.89. The largest absolute Gasteiger partial charge is 0.396 e. The predicted octanol–water partition coefficient (Wildman–Crippen LogP) is 2.83. The van der Waals surface area contributed by atoms with Crippen LogP contribution in [0.3, 0.4) is 0 Å². The lowest BCUT2D eigenvalue weighted by Gasteiger charge is -2.27. The molecule has 32 heavy (non-hydrogen) atoms. The highest BCUT2D eigenvalue weighted by Gasteiger charge is 2.34. The molecule has 1 atom stereocenters. The van der Waals surface area contributed by atoms with Crippen molar-refractivity contribution in [1.82, 2.24) is 9.88 Å². The van der Waals surface area contributed by atoms with Crippen LogP contribution >= 0.6 is 0 Å². The van der Waals surface area contributed by atoms with E-state index >= 15 is 4.39 Å². The van der Waals surface area contributed by atoms with Gasteiger partial charge in [-0.2, -0.15) is 0 Å². The number of benzene rings is 2. The molecule has 9 heteroatoms. The highest BCUT2D eigenvalue weighted by molar-refractivity contribution is 6.12. The zero-order valence-corrected chi connectivity index (χ0v) is 17.3. The summed E-state index contributed by atoms with van der Waals surface area (Å²) in [4.78, 5) is 30.5. The molecule has 1 aliphatic rings. The number of urea groups is 1. The zero-order valence-electron chi connectivity index (χ0n) is 17.3. The molecule has 8 nitrogen and oxygen atoms in total. The average molecular weight is 437 g/mol. The highest BCUT2D eigenvalue weighted by atomic mass is 19.1. The van der Waals surface area contributed by atoms with Gasteiger partial charge in [-0.3, -0.25) is 9.78 Å². The molecule has 3 aromatic rings. The zero-order chi connectivity index (χ0) is 22.8. The summed E-state index contributed by atoms with van der Waals surface area (Å²) in [7, 11) is 0. The topological polar surface area (TPSA) is 135 Å². The number of carbonyl (C=O) groups is 2. The Balaban J connectivity index is 1.69. The maximum atomic E-state index is 15.1. The van der Waals surface area contributed by atoms with E-state index in [4.69, 9.17) is 11.5 Å². The van der Waals surface area contributed by atoms with Crippen molar-refractivity contribution in [3.05, 3.63) is 65.7 Å². The maximum Gasteiger partial charge on any atom is 0.315 e. The van der Waals surface area contributed by atoms with E-state index in [-0.39, 0.29) is 29.5 Å². The molecule has 0 saturated heterocycles. The lowest BCUT2D eigenvalue weighted by molar-refractivity contribution is 0.102. The van der Waals surface area contributed by atoms with Gasteiger partial charge < -0.3 is 26.8 Å². The number of nitrogen functional groups attached to an aromatic ring is 1. The Morgan fingerprint density at radius 3 is 2.66 bits per heavy atom. The Hall–Kier alpha value is -3.72. The summed E-state index contributed by atoms with van der Waals surface area (Å²) in [5.74, 6) is -2.06. The van der Waals surface area contributed by atoms with Gasteiger partial charge in [-0.25, -0.2) is 9.18 Å². The molecule has 1 heterocycles. The van der Waals surface area contributed by atoms with E-state index < -0.39 is 30.3 Å². The van der Waals surface area contributed by atoms with Crippen LogP contribution in [-0.2, 0) is 0 Å². The van der Waals surface area contributed by atoms with E-state index in [0.29, 0.717) is 10.9 Å². The van der Waals surface area contributed by atoms with Crippen LogP contribution in [-0.4, -0.2) is 46.1 Å². The molecule has 0 spiro atoms. The fourth-order valence-electron chi connectivity index (χ4n) is 3.89. The smallest absolute Gasteiger partial charge is 0.315 e. The summed E-state index contributed by atoms with van der Waals surface area (Å²) in [5.41, 5.74) is 11.6. The summed E-state index contributed by atoms with van der Waals surface area (Å²) in [6.45, 7) is -0.453. The summed E-state index contributed by atoms with van der Waals surface area (Å²) in [6.07, 6.45) is 4.70. The van der Waals surface area contributed by atoms with Crippen molar-refractivity contribution in [1.29, 1.82) is 0 Å². The van der Waals surface area contributed by atoms with Gasteiger partial charge in [0.2, 0.25) is 0 Å². The number of amides is 3. The monoisotopic (exact) mass is 437 g/mol. The van der Waals surface area contributed by atoms with Crippen molar-refractivity contribution < 1.29 is 19.1 Å². The first-order valence-electron chi connectivity index (χ1n) is 10.3. The third kappa shape index (κ3) is 4.19. The van der Waals surface area contributed by atoms with E-state index in [9.17, 15) is 14.7 Å². The number of aliphatic hydroxyl groups excluding tert-OH is 1. The lowest BCUT2D eigenvalue weighted by Crippen LogP contribution is -2.41.